The van der Waals surface area contributed by atoms with Gasteiger partial charge in [-0.2, -0.15) is 0 Å². The largest absolute Gasteiger partial charge is 0.399 e. The van der Waals surface area contributed by atoms with Gasteiger partial charge in [-0.1, -0.05) is 6.07 Å². The molecule has 1 heterocycles. The second-order valence-corrected chi connectivity index (χ2v) is 6.31. The number of nitrogens with one attached hydrogen (secondary N) is 2. The molecule has 114 valence electrons. The Labute approximate surface area is 134 Å². The van der Waals surface area contributed by atoms with Crippen LogP contribution in [0.15, 0.2) is 29.7 Å². The zero-order valence-electron chi connectivity index (χ0n) is 13.0. The third-order valence-corrected chi connectivity index (χ3v) is 4.24. The minimum Gasteiger partial charge on any atom is -0.399 e. The van der Waals surface area contributed by atoms with Gasteiger partial charge in [0.05, 0.1) is 16.4 Å². The van der Waals surface area contributed by atoms with Crippen LogP contribution in [0, 0.1) is 24.7 Å². The number of hydrogen-bond donors (Lipinski definition) is 3. The molecule has 1 aromatic carbocycles. The first-order valence-electron chi connectivity index (χ1n) is 6.99. The molecule has 0 spiro atoms. The van der Waals surface area contributed by atoms with Gasteiger partial charge in [0, 0.05) is 23.2 Å². The number of allylic oxidation sites excluding steroid dienone is 2. The Balaban J connectivity index is 2.17. The first kappa shape index (κ1) is 16.1. The number of nitrogen functional groups attached to an aromatic ring is 1. The van der Waals surface area contributed by atoms with Crippen molar-refractivity contribution in [3.05, 3.63) is 57.1 Å². The number of anilines is 1. The van der Waals surface area contributed by atoms with Gasteiger partial charge in [-0.3, -0.25) is 5.41 Å². The molecule has 0 amide bonds. The van der Waals surface area contributed by atoms with E-state index in [0.29, 0.717) is 17.1 Å². The Morgan fingerprint density at radius 2 is 1.95 bits per heavy atom. The van der Waals surface area contributed by atoms with Crippen LogP contribution in [0.5, 0.6) is 0 Å². The van der Waals surface area contributed by atoms with E-state index in [2.05, 4.69) is 18.0 Å². The zero-order valence-corrected chi connectivity index (χ0v) is 13.8. The quantitative estimate of drug-likeness (QED) is 0.577. The summed E-state index contributed by atoms with van der Waals surface area (Å²) >= 11 is 1.55. The maximum absolute atomic E-state index is 7.96. The van der Waals surface area contributed by atoms with E-state index in [1.54, 1.807) is 30.4 Å². The SMILES string of the molecule is CC(=N)/C=C\C(=N)c1csc(Cc2cc(C)c(N)cc2C)n1. The molecule has 0 bridgehead atoms. The molecule has 1 aromatic heterocycles. The maximum Gasteiger partial charge on any atom is 0.0991 e. The van der Waals surface area contributed by atoms with Crippen molar-refractivity contribution in [1.29, 1.82) is 10.8 Å². The number of nitrogens with two attached hydrogens (primary N) is 1. The first-order valence-corrected chi connectivity index (χ1v) is 7.87. The number of hydrogen-bond acceptors (Lipinski definition) is 5. The van der Waals surface area contributed by atoms with Crippen molar-refractivity contribution < 1.29 is 0 Å². The van der Waals surface area contributed by atoms with Crippen molar-refractivity contribution in [3.8, 4) is 0 Å². The third-order valence-electron chi connectivity index (χ3n) is 3.39. The molecule has 0 aliphatic carbocycles. The summed E-state index contributed by atoms with van der Waals surface area (Å²) in [5.74, 6) is 0. The standard InChI is InChI=1S/C17H20N4S/c1-10-7-15(20)11(2)6-13(10)8-17-21-16(9-22-17)14(19)5-4-12(3)18/h4-7,9,18-19H,8,20H2,1-3H3/b5-4-,18-12?,19-14?. The lowest BCUT2D eigenvalue weighted by Crippen LogP contribution is -1.99. The van der Waals surface area contributed by atoms with E-state index in [1.807, 2.05) is 18.4 Å². The van der Waals surface area contributed by atoms with Crippen LogP contribution in [-0.4, -0.2) is 16.4 Å². The van der Waals surface area contributed by atoms with Crippen LogP contribution in [0.2, 0.25) is 0 Å². The van der Waals surface area contributed by atoms with Gasteiger partial charge in [-0.25, -0.2) is 4.98 Å². The van der Waals surface area contributed by atoms with E-state index >= 15 is 0 Å². The van der Waals surface area contributed by atoms with Gasteiger partial charge in [-0.05, 0) is 55.7 Å². The van der Waals surface area contributed by atoms with E-state index in [4.69, 9.17) is 16.6 Å². The van der Waals surface area contributed by atoms with E-state index in [1.165, 1.54) is 5.56 Å². The van der Waals surface area contributed by atoms with Gasteiger partial charge >= 0.3 is 0 Å². The number of aromatic nitrogens is 1. The van der Waals surface area contributed by atoms with E-state index in [0.717, 1.165) is 28.2 Å². The average molecular weight is 312 g/mol. The van der Waals surface area contributed by atoms with Crippen LogP contribution in [0.3, 0.4) is 0 Å². The van der Waals surface area contributed by atoms with Crippen molar-refractivity contribution in [2.24, 2.45) is 0 Å². The molecule has 2 rings (SSSR count). The van der Waals surface area contributed by atoms with Crippen molar-refractivity contribution in [2.75, 3.05) is 5.73 Å². The maximum atomic E-state index is 7.96. The van der Waals surface area contributed by atoms with Crippen LogP contribution < -0.4 is 5.73 Å². The highest BCUT2D eigenvalue weighted by Gasteiger charge is 2.09. The number of rotatable bonds is 5. The van der Waals surface area contributed by atoms with Gasteiger partial charge in [0.25, 0.3) is 0 Å². The molecular formula is C17H20N4S. The fraction of sp³-hybridized carbons (Fsp3) is 0.235. The topological polar surface area (TPSA) is 86.6 Å². The Hall–Kier alpha value is -2.27. The van der Waals surface area contributed by atoms with Crippen molar-refractivity contribution in [3.63, 3.8) is 0 Å². The summed E-state index contributed by atoms with van der Waals surface area (Å²) in [6, 6.07) is 4.10. The fourth-order valence-corrected chi connectivity index (χ4v) is 2.88. The highest BCUT2D eigenvalue weighted by Crippen LogP contribution is 2.22. The molecule has 0 atom stereocenters. The average Bonchev–Trinajstić information content (AvgIpc) is 2.90. The molecule has 0 aliphatic rings. The van der Waals surface area contributed by atoms with Gasteiger partial charge < -0.3 is 11.1 Å². The molecule has 0 unspecified atom stereocenters. The molecule has 22 heavy (non-hydrogen) atoms. The lowest BCUT2D eigenvalue weighted by Gasteiger charge is -2.08. The Morgan fingerprint density at radius 3 is 2.64 bits per heavy atom. The third kappa shape index (κ3) is 3.89. The van der Waals surface area contributed by atoms with E-state index in [-0.39, 0.29) is 0 Å². The summed E-state index contributed by atoms with van der Waals surface area (Å²) in [6.45, 7) is 5.74. The summed E-state index contributed by atoms with van der Waals surface area (Å²) in [4.78, 5) is 4.52. The summed E-state index contributed by atoms with van der Waals surface area (Å²) in [7, 11) is 0. The van der Waals surface area contributed by atoms with Crippen LogP contribution in [-0.2, 0) is 6.42 Å². The lowest BCUT2D eigenvalue weighted by molar-refractivity contribution is 1.10. The second-order valence-electron chi connectivity index (χ2n) is 5.37. The molecule has 4 N–H and O–H groups in total. The second kappa shape index (κ2) is 6.66. The summed E-state index contributed by atoms with van der Waals surface area (Å²) in [6.07, 6.45) is 3.97. The van der Waals surface area contributed by atoms with Crippen LogP contribution in [0.25, 0.3) is 0 Å². The monoisotopic (exact) mass is 312 g/mol. The smallest absolute Gasteiger partial charge is 0.0991 e. The van der Waals surface area contributed by atoms with Gasteiger partial charge in [0.1, 0.15) is 0 Å². The Morgan fingerprint density at radius 1 is 1.23 bits per heavy atom. The van der Waals surface area contributed by atoms with E-state index in [9.17, 15) is 0 Å². The fourth-order valence-electron chi connectivity index (χ4n) is 2.06. The Kier molecular flexibility index (Phi) is 4.88. The van der Waals surface area contributed by atoms with Gasteiger partial charge in [-0.15, -0.1) is 11.3 Å². The first-order chi connectivity index (χ1) is 10.4. The van der Waals surface area contributed by atoms with Crippen LogP contribution >= 0.6 is 11.3 Å². The van der Waals surface area contributed by atoms with Crippen molar-refractivity contribution in [1.82, 2.24) is 4.98 Å². The van der Waals surface area contributed by atoms with Gasteiger partial charge in [0.15, 0.2) is 0 Å². The van der Waals surface area contributed by atoms with Crippen LogP contribution in [0.4, 0.5) is 5.69 Å². The number of benzene rings is 1. The number of nitrogens with zero attached hydrogens (tertiary/aromatic N) is 1. The molecule has 0 aliphatic heterocycles. The van der Waals surface area contributed by atoms with E-state index < -0.39 is 0 Å². The number of aryl methyl sites for hydroxylation is 2. The molecule has 0 saturated carbocycles. The predicted octanol–water partition coefficient (Wildman–Crippen LogP) is 3.90. The van der Waals surface area contributed by atoms with Crippen LogP contribution in [0.1, 0.15) is 34.3 Å². The summed E-state index contributed by atoms with van der Waals surface area (Å²) < 4.78 is 0. The molecule has 2 aromatic rings. The minimum absolute atomic E-state index is 0.333. The highest BCUT2D eigenvalue weighted by molar-refractivity contribution is 7.09. The molecule has 4 nitrogen and oxygen atoms in total. The molecule has 0 fully saturated rings. The highest BCUT2D eigenvalue weighted by atomic mass is 32.1. The van der Waals surface area contributed by atoms with Gasteiger partial charge in [0.2, 0.25) is 0 Å². The molecule has 0 radical (unpaired) electrons. The zero-order chi connectivity index (χ0) is 16.3. The summed E-state index contributed by atoms with van der Waals surface area (Å²) in [5, 5.41) is 18.2. The molecule has 0 saturated heterocycles. The van der Waals surface area contributed by atoms with Crippen molar-refractivity contribution >= 4 is 28.4 Å². The molecule has 5 heteroatoms. The predicted molar refractivity (Wildman–Crippen MR) is 94.6 cm³/mol. The minimum atomic E-state index is 0.333. The molecular weight excluding hydrogens is 292 g/mol. The summed E-state index contributed by atoms with van der Waals surface area (Å²) in [5.41, 5.74) is 11.6. The lowest BCUT2D eigenvalue weighted by atomic mass is 10.0. The van der Waals surface area contributed by atoms with Crippen molar-refractivity contribution in [2.45, 2.75) is 27.2 Å². The number of thiazole rings is 1. The Bertz CT molecular complexity index is 756. The normalized spacial score (nSPS) is 11.0.